The van der Waals surface area contributed by atoms with Gasteiger partial charge in [0.15, 0.2) is 22.9 Å². The van der Waals surface area contributed by atoms with Crippen LogP contribution in [0.15, 0.2) is 11.0 Å². The minimum absolute atomic E-state index is 0.0736. The number of aromatic nitrogens is 2. The zero-order chi connectivity index (χ0) is 26.0. The minimum Gasteiger partial charge on any atom is -0.384 e. The molecule has 0 spiro atoms. The fourth-order valence-electron chi connectivity index (χ4n) is 3.09. The van der Waals surface area contributed by atoms with Crippen molar-refractivity contribution in [2.24, 2.45) is 0 Å². The van der Waals surface area contributed by atoms with Gasteiger partial charge in [-0.25, -0.2) is 4.79 Å². The van der Waals surface area contributed by atoms with Gasteiger partial charge < -0.3 is 29.5 Å². The van der Waals surface area contributed by atoms with Crippen LogP contribution in [0.25, 0.3) is 0 Å². The van der Waals surface area contributed by atoms with E-state index in [1.165, 1.54) is 6.20 Å². The van der Waals surface area contributed by atoms with E-state index < -0.39 is 46.2 Å². The molecule has 1 fully saturated rings. The highest BCUT2D eigenvalue weighted by Crippen LogP contribution is 2.53. The van der Waals surface area contributed by atoms with E-state index in [1.54, 1.807) is 6.92 Å². The zero-order valence-corrected chi connectivity index (χ0v) is 25.8. The monoisotopic (exact) mass is 613 g/mol. The van der Waals surface area contributed by atoms with Crippen LogP contribution < -0.4 is 11.4 Å². The Hall–Kier alpha value is -0.356. The third-order valence-electron chi connectivity index (χ3n) is 7.35. The van der Waals surface area contributed by atoms with Gasteiger partial charge >= 0.3 is 5.69 Å². The van der Waals surface area contributed by atoms with E-state index in [2.05, 4.69) is 4.98 Å². The Kier molecular flexibility index (Phi) is 7.56. The molecule has 1 aliphatic heterocycles. The van der Waals surface area contributed by atoms with Gasteiger partial charge in [0.25, 0.3) is 5.79 Å². The second-order valence-electron chi connectivity index (χ2n) is 11.9. The summed E-state index contributed by atoms with van der Waals surface area (Å²) in [6, 6.07) is 0. The lowest BCUT2D eigenvalue weighted by atomic mass is 10.0. The van der Waals surface area contributed by atoms with Crippen molar-refractivity contribution in [3.05, 3.63) is 20.3 Å². The summed E-state index contributed by atoms with van der Waals surface area (Å²) < 4.78 is 20.6. The Bertz CT molecular complexity index is 959. The van der Waals surface area contributed by atoms with Gasteiger partial charge in [-0.1, -0.05) is 41.5 Å². The summed E-state index contributed by atoms with van der Waals surface area (Å²) in [4.78, 5) is 16.7. The van der Waals surface area contributed by atoms with Crippen molar-refractivity contribution in [1.82, 2.24) is 9.55 Å². The van der Waals surface area contributed by atoms with Crippen molar-refractivity contribution in [2.45, 2.75) is 109 Å². The second kappa shape index (κ2) is 8.64. The molecule has 2 heterocycles. The number of hydrogen-bond donors (Lipinski definition) is 3. The summed E-state index contributed by atoms with van der Waals surface area (Å²) in [6.07, 6.45) is -0.959. The summed E-state index contributed by atoms with van der Waals surface area (Å²) >= 11 is 1.95. The molecule has 1 aliphatic rings. The Balaban J connectivity index is 2.77. The average Bonchev–Trinajstić information content (AvgIpc) is 2.76. The van der Waals surface area contributed by atoms with Gasteiger partial charge in [-0.3, -0.25) is 4.57 Å². The van der Waals surface area contributed by atoms with Crippen LogP contribution >= 0.6 is 22.6 Å². The third kappa shape index (κ3) is 4.99. The normalized spacial score (nSPS) is 29.5. The first kappa shape index (κ1) is 28.9. The van der Waals surface area contributed by atoms with E-state index in [9.17, 15) is 15.0 Å². The molecule has 1 saturated heterocycles. The molecule has 0 aliphatic carbocycles. The number of aliphatic hydroxyl groups is 2. The van der Waals surface area contributed by atoms with Crippen LogP contribution in [-0.2, 0) is 13.6 Å². The fourth-order valence-corrected chi connectivity index (χ4v) is 6.24. The van der Waals surface area contributed by atoms with Crippen LogP contribution in [0, 0.1) is 3.57 Å². The maximum atomic E-state index is 12.8. The van der Waals surface area contributed by atoms with Crippen LogP contribution in [0.5, 0.6) is 0 Å². The summed E-state index contributed by atoms with van der Waals surface area (Å²) in [5.41, 5.74) is 5.08. The van der Waals surface area contributed by atoms with Crippen molar-refractivity contribution in [2.75, 3.05) is 5.73 Å². The number of nitrogens with zero attached hydrogens (tertiary/aromatic N) is 2. The molecule has 190 valence electrons. The van der Waals surface area contributed by atoms with Crippen LogP contribution in [0.4, 0.5) is 5.82 Å². The van der Waals surface area contributed by atoms with Crippen LogP contribution in [0.3, 0.4) is 0 Å². The van der Waals surface area contributed by atoms with Crippen LogP contribution in [-0.4, -0.2) is 54.1 Å². The van der Waals surface area contributed by atoms with Gasteiger partial charge in [-0.05, 0) is 65.8 Å². The first-order valence-corrected chi connectivity index (χ1v) is 17.9. The Morgan fingerprint density at radius 1 is 1.06 bits per heavy atom. The molecule has 4 N–H and O–H groups in total. The maximum absolute atomic E-state index is 12.8. The second-order valence-corrected chi connectivity index (χ2v) is 22.5. The Morgan fingerprint density at radius 2 is 1.48 bits per heavy atom. The van der Waals surface area contributed by atoms with Gasteiger partial charge in [-0.15, -0.1) is 0 Å². The van der Waals surface area contributed by atoms with Crippen molar-refractivity contribution in [3.63, 3.8) is 0 Å². The molecule has 4 atom stereocenters. The summed E-state index contributed by atoms with van der Waals surface area (Å²) in [5.74, 6) is -4.54. The molecule has 0 amide bonds. The van der Waals surface area contributed by atoms with Crippen molar-refractivity contribution in [1.29, 1.82) is 0 Å². The number of anilines is 1. The van der Waals surface area contributed by atoms with E-state index in [-0.39, 0.29) is 15.9 Å². The Labute approximate surface area is 212 Å². The molecule has 9 nitrogen and oxygen atoms in total. The fraction of sp³-hybridized carbons (Fsp3) is 0.810. The highest BCUT2D eigenvalue weighted by molar-refractivity contribution is 14.1. The van der Waals surface area contributed by atoms with Gasteiger partial charge in [-0.2, -0.15) is 4.98 Å². The lowest BCUT2D eigenvalue weighted by molar-refractivity contribution is -0.338. The molecule has 0 radical (unpaired) electrons. The summed E-state index contributed by atoms with van der Waals surface area (Å²) in [6.45, 7) is 21.6. The first-order valence-electron chi connectivity index (χ1n) is 11.0. The van der Waals surface area contributed by atoms with E-state index in [0.717, 1.165) is 4.57 Å². The Morgan fingerprint density at radius 3 is 1.91 bits per heavy atom. The lowest BCUT2D eigenvalue weighted by Crippen LogP contribution is -2.68. The number of hydrogen-bond acceptors (Lipinski definition) is 8. The van der Waals surface area contributed by atoms with E-state index >= 15 is 0 Å². The van der Waals surface area contributed by atoms with Gasteiger partial charge in [0, 0.05) is 6.20 Å². The van der Waals surface area contributed by atoms with Crippen LogP contribution in [0.2, 0.25) is 36.3 Å². The molecular weight excluding hydrogens is 573 g/mol. The van der Waals surface area contributed by atoms with E-state index in [1.807, 2.05) is 90.3 Å². The molecule has 2 rings (SSSR count). The van der Waals surface area contributed by atoms with E-state index in [0.29, 0.717) is 3.57 Å². The standard InChI is InChI=1S/C21H40IN3O6Si2/c1-13-20(27,30-32(8,9)18(2,3)4)21(28,31-33(10,11)19(5,6)7)16(29-13)25-12-14(22)15(23)24-17(25)26/h12-13,16,27-28H,1-11H3,(H2,23,24,26)/t13-,16-,20+,21-/m1/s1. The zero-order valence-electron chi connectivity index (χ0n) is 21.6. The molecule has 0 unspecified atom stereocenters. The van der Waals surface area contributed by atoms with E-state index in [4.69, 9.17) is 19.3 Å². The van der Waals surface area contributed by atoms with Crippen LogP contribution in [0.1, 0.15) is 54.7 Å². The number of nitrogens with two attached hydrogens (primary N) is 1. The summed E-state index contributed by atoms with van der Waals surface area (Å²) in [7, 11) is -5.35. The molecular formula is C21H40IN3O6Si2. The molecule has 0 saturated carbocycles. The average molecular weight is 614 g/mol. The topological polar surface area (TPSA) is 129 Å². The minimum atomic E-state index is -2.72. The largest absolute Gasteiger partial charge is 0.384 e. The van der Waals surface area contributed by atoms with Gasteiger partial charge in [0.1, 0.15) is 11.9 Å². The maximum Gasteiger partial charge on any atom is 0.351 e. The highest BCUT2D eigenvalue weighted by Gasteiger charge is 2.71. The van der Waals surface area contributed by atoms with Crippen molar-refractivity contribution in [3.8, 4) is 0 Å². The number of rotatable bonds is 5. The molecule has 0 bridgehead atoms. The first-order chi connectivity index (χ1) is 14.5. The summed E-state index contributed by atoms with van der Waals surface area (Å²) in [5, 5.41) is 23.7. The predicted octanol–water partition coefficient (Wildman–Crippen LogP) is 3.77. The number of halogens is 1. The lowest BCUT2D eigenvalue weighted by Gasteiger charge is -2.50. The molecule has 1 aromatic heterocycles. The third-order valence-corrected chi connectivity index (χ3v) is 17.1. The quantitative estimate of drug-likeness (QED) is 0.260. The van der Waals surface area contributed by atoms with Gasteiger partial charge in [0.05, 0.1) is 3.57 Å². The molecule has 33 heavy (non-hydrogen) atoms. The highest BCUT2D eigenvalue weighted by atomic mass is 127. The number of nitrogen functional groups attached to an aromatic ring is 1. The predicted molar refractivity (Wildman–Crippen MR) is 142 cm³/mol. The number of ether oxygens (including phenoxy) is 1. The molecule has 12 heteroatoms. The van der Waals surface area contributed by atoms with Gasteiger partial charge in [0.2, 0.25) is 5.79 Å². The SMILES string of the molecule is C[C@H]1O[C@@H](n2cc(I)c(N)nc2=O)[C@@](O)(O[Si](C)(C)C(C)(C)C)[C@@]1(O)O[Si](C)(C)C(C)(C)C. The van der Waals surface area contributed by atoms with Crippen molar-refractivity contribution >= 4 is 45.0 Å². The smallest absolute Gasteiger partial charge is 0.351 e. The molecule has 1 aromatic rings. The molecule has 0 aromatic carbocycles. The van der Waals surface area contributed by atoms with Crippen molar-refractivity contribution < 1.29 is 23.8 Å².